The summed E-state index contributed by atoms with van der Waals surface area (Å²) < 4.78 is 2.00. The summed E-state index contributed by atoms with van der Waals surface area (Å²) in [6.45, 7) is 5.24. The van der Waals surface area contributed by atoms with Gasteiger partial charge >= 0.3 is 0 Å². The van der Waals surface area contributed by atoms with Crippen LogP contribution in [0.2, 0.25) is 5.02 Å². The molecule has 96 valence electrons. The number of hydrogen-bond donors (Lipinski definition) is 0. The molecule has 0 saturated carbocycles. The monoisotopic (exact) mass is 265 g/mol. The largest absolute Gasteiger partial charge is 0.304 e. The minimum atomic E-state index is 0.695. The van der Waals surface area contributed by atoms with Crippen molar-refractivity contribution in [2.75, 3.05) is 33.2 Å². The molecular weight excluding hydrogens is 250 g/mol. The molecule has 1 aliphatic heterocycles. The lowest BCUT2D eigenvalue weighted by atomic mass is 10.3. The molecule has 0 N–H and O–H groups in total. The van der Waals surface area contributed by atoms with Crippen molar-refractivity contribution in [2.24, 2.45) is 0 Å². The lowest BCUT2D eigenvalue weighted by Gasteiger charge is -2.31. The standard InChI is InChI=1S/C12H16ClN5/c1-16-4-6-17(7-5-16)9-12-15-14-11-8-10(13)2-3-18(11)12/h2-3,8H,4-7,9H2,1H3. The van der Waals surface area contributed by atoms with Crippen LogP contribution in [0.3, 0.4) is 0 Å². The van der Waals surface area contributed by atoms with Gasteiger partial charge in [0.25, 0.3) is 0 Å². The third-order valence-electron chi connectivity index (χ3n) is 3.40. The van der Waals surface area contributed by atoms with E-state index in [1.165, 1.54) is 0 Å². The van der Waals surface area contributed by atoms with E-state index >= 15 is 0 Å². The SMILES string of the molecule is CN1CCN(Cc2nnc3cc(Cl)ccn23)CC1. The molecule has 0 aromatic carbocycles. The second-order valence-electron chi connectivity index (χ2n) is 4.77. The fourth-order valence-corrected chi connectivity index (χ4v) is 2.38. The van der Waals surface area contributed by atoms with Gasteiger partial charge in [-0.3, -0.25) is 9.30 Å². The molecule has 2 aromatic heterocycles. The van der Waals surface area contributed by atoms with Gasteiger partial charge in [-0.25, -0.2) is 0 Å². The molecule has 2 aromatic rings. The van der Waals surface area contributed by atoms with E-state index in [9.17, 15) is 0 Å². The van der Waals surface area contributed by atoms with Crippen LogP contribution in [0.15, 0.2) is 18.3 Å². The fourth-order valence-electron chi connectivity index (χ4n) is 2.23. The zero-order valence-corrected chi connectivity index (χ0v) is 11.1. The van der Waals surface area contributed by atoms with Gasteiger partial charge in [-0.05, 0) is 13.1 Å². The molecule has 0 radical (unpaired) electrons. The maximum absolute atomic E-state index is 5.94. The van der Waals surface area contributed by atoms with Gasteiger partial charge < -0.3 is 4.90 Å². The Bertz CT molecular complexity index is 544. The van der Waals surface area contributed by atoms with Crippen LogP contribution < -0.4 is 0 Å². The van der Waals surface area contributed by atoms with Gasteiger partial charge in [0.05, 0.1) is 6.54 Å². The molecule has 0 atom stereocenters. The summed E-state index contributed by atoms with van der Waals surface area (Å²) in [6.07, 6.45) is 1.93. The van der Waals surface area contributed by atoms with Crippen LogP contribution in [0.5, 0.6) is 0 Å². The Balaban J connectivity index is 1.78. The maximum Gasteiger partial charge on any atom is 0.162 e. The van der Waals surface area contributed by atoms with Crippen LogP contribution in [0.1, 0.15) is 5.82 Å². The molecule has 3 rings (SSSR count). The summed E-state index contributed by atoms with van der Waals surface area (Å²) >= 11 is 5.94. The normalized spacial score (nSPS) is 18.6. The predicted molar refractivity (Wildman–Crippen MR) is 70.8 cm³/mol. The molecule has 5 nitrogen and oxygen atoms in total. The number of pyridine rings is 1. The lowest BCUT2D eigenvalue weighted by Crippen LogP contribution is -2.44. The van der Waals surface area contributed by atoms with Crippen molar-refractivity contribution in [2.45, 2.75) is 6.54 Å². The first-order valence-corrected chi connectivity index (χ1v) is 6.50. The highest BCUT2D eigenvalue weighted by Gasteiger charge is 2.16. The smallest absolute Gasteiger partial charge is 0.162 e. The van der Waals surface area contributed by atoms with Crippen molar-refractivity contribution in [3.05, 3.63) is 29.2 Å². The third kappa shape index (κ3) is 2.34. The Morgan fingerprint density at radius 2 is 2.00 bits per heavy atom. The number of nitrogens with zero attached hydrogens (tertiary/aromatic N) is 5. The zero-order chi connectivity index (χ0) is 12.5. The molecule has 0 spiro atoms. The van der Waals surface area contributed by atoms with Crippen molar-refractivity contribution in [3.63, 3.8) is 0 Å². The molecule has 3 heterocycles. The number of aromatic nitrogens is 3. The van der Waals surface area contributed by atoms with E-state index in [2.05, 4.69) is 27.0 Å². The van der Waals surface area contributed by atoms with Crippen molar-refractivity contribution in [1.82, 2.24) is 24.4 Å². The Labute approximate surface area is 111 Å². The predicted octanol–water partition coefficient (Wildman–Crippen LogP) is 1.13. The van der Waals surface area contributed by atoms with Gasteiger partial charge in [0.2, 0.25) is 0 Å². The number of halogens is 1. The summed E-state index contributed by atoms with van der Waals surface area (Å²) in [5, 5.41) is 9.10. The molecule has 0 aliphatic carbocycles. The van der Waals surface area contributed by atoms with Crippen LogP contribution in [0, 0.1) is 0 Å². The van der Waals surface area contributed by atoms with Crippen LogP contribution in [0.4, 0.5) is 0 Å². The van der Waals surface area contributed by atoms with E-state index in [1.54, 1.807) is 0 Å². The number of likely N-dealkylation sites (N-methyl/N-ethyl adjacent to an activating group) is 1. The van der Waals surface area contributed by atoms with E-state index in [-0.39, 0.29) is 0 Å². The summed E-state index contributed by atoms with van der Waals surface area (Å²) in [6, 6.07) is 3.70. The molecule has 0 bridgehead atoms. The van der Waals surface area contributed by atoms with Crippen LogP contribution in [-0.4, -0.2) is 57.6 Å². The Kier molecular flexibility index (Phi) is 3.20. The first-order chi connectivity index (χ1) is 8.72. The van der Waals surface area contributed by atoms with E-state index in [4.69, 9.17) is 11.6 Å². The van der Waals surface area contributed by atoms with Gasteiger partial charge in [0, 0.05) is 43.5 Å². The number of rotatable bonds is 2. The van der Waals surface area contributed by atoms with Gasteiger partial charge in [-0.15, -0.1) is 10.2 Å². The van der Waals surface area contributed by atoms with Gasteiger partial charge in [0.1, 0.15) is 0 Å². The number of fused-ring (bicyclic) bond motifs is 1. The molecule has 0 amide bonds. The second kappa shape index (κ2) is 4.84. The minimum Gasteiger partial charge on any atom is -0.304 e. The van der Waals surface area contributed by atoms with E-state index in [0.29, 0.717) is 5.02 Å². The highest BCUT2D eigenvalue weighted by atomic mass is 35.5. The second-order valence-corrected chi connectivity index (χ2v) is 5.21. The highest BCUT2D eigenvalue weighted by Crippen LogP contribution is 2.13. The van der Waals surface area contributed by atoms with Gasteiger partial charge in [-0.1, -0.05) is 11.6 Å². The van der Waals surface area contributed by atoms with Crippen molar-refractivity contribution in [1.29, 1.82) is 0 Å². The summed E-state index contributed by atoms with van der Waals surface area (Å²) in [7, 11) is 2.16. The Hall–Kier alpha value is -1.17. The van der Waals surface area contributed by atoms with E-state index in [0.717, 1.165) is 44.2 Å². The molecule has 1 aliphatic rings. The topological polar surface area (TPSA) is 36.7 Å². The Morgan fingerprint density at radius 3 is 2.78 bits per heavy atom. The maximum atomic E-state index is 5.94. The Morgan fingerprint density at radius 1 is 1.22 bits per heavy atom. The van der Waals surface area contributed by atoms with Gasteiger partial charge in [-0.2, -0.15) is 0 Å². The van der Waals surface area contributed by atoms with Gasteiger partial charge in [0.15, 0.2) is 11.5 Å². The summed E-state index contributed by atoms with van der Waals surface area (Å²) in [4.78, 5) is 4.75. The van der Waals surface area contributed by atoms with Crippen LogP contribution in [-0.2, 0) is 6.54 Å². The first kappa shape index (κ1) is 11.9. The zero-order valence-electron chi connectivity index (χ0n) is 10.4. The lowest BCUT2D eigenvalue weighted by molar-refractivity contribution is 0.145. The first-order valence-electron chi connectivity index (χ1n) is 6.12. The van der Waals surface area contributed by atoms with E-state index in [1.807, 2.05) is 22.7 Å². The molecule has 0 unspecified atom stereocenters. The highest BCUT2D eigenvalue weighted by molar-refractivity contribution is 6.30. The summed E-state index contributed by atoms with van der Waals surface area (Å²) in [5.41, 5.74) is 0.812. The quantitative estimate of drug-likeness (QED) is 0.816. The fraction of sp³-hybridized carbons (Fsp3) is 0.500. The van der Waals surface area contributed by atoms with Crippen molar-refractivity contribution in [3.8, 4) is 0 Å². The number of hydrogen-bond acceptors (Lipinski definition) is 4. The van der Waals surface area contributed by atoms with Crippen LogP contribution in [0.25, 0.3) is 5.65 Å². The third-order valence-corrected chi connectivity index (χ3v) is 3.64. The summed E-state index contributed by atoms with van der Waals surface area (Å²) in [5.74, 6) is 0.978. The molecule has 1 fully saturated rings. The van der Waals surface area contributed by atoms with Crippen molar-refractivity contribution >= 4 is 17.2 Å². The number of piperazine rings is 1. The average Bonchev–Trinajstić information content (AvgIpc) is 2.74. The minimum absolute atomic E-state index is 0.695. The average molecular weight is 266 g/mol. The molecule has 6 heteroatoms. The molecule has 18 heavy (non-hydrogen) atoms. The molecular formula is C12H16ClN5. The van der Waals surface area contributed by atoms with E-state index < -0.39 is 0 Å². The molecule has 1 saturated heterocycles. The van der Waals surface area contributed by atoms with Crippen LogP contribution >= 0.6 is 11.6 Å². The van der Waals surface area contributed by atoms with Crippen molar-refractivity contribution < 1.29 is 0 Å².